The summed E-state index contributed by atoms with van der Waals surface area (Å²) in [7, 11) is -0.384. The van der Waals surface area contributed by atoms with Gasteiger partial charge in [-0.25, -0.2) is 8.42 Å². The lowest BCUT2D eigenvalue weighted by Crippen LogP contribution is -2.22. The normalized spacial score (nSPS) is 15.2. The number of nitrogens with zero attached hydrogens (tertiary/aromatic N) is 1. The SMILES string of the molecule is CN(C)C1=C(C(=O)Nc2ccccc2)S(=O)(=O)c2ccccc21. The lowest BCUT2D eigenvalue weighted by Gasteiger charge is -2.16. The van der Waals surface area contributed by atoms with E-state index in [1.54, 1.807) is 61.5 Å². The molecule has 0 unspecified atom stereocenters. The minimum atomic E-state index is -3.83. The number of para-hydroxylation sites is 1. The van der Waals surface area contributed by atoms with Gasteiger partial charge < -0.3 is 10.2 Å². The van der Waals surface area contributed by atoms with Gasteiger partial charge in [-0.3, -0.25) is 4.79 Å². The first-order chi connectivity index (χ1) is 10.9. The summed E-state index contributed by atoms with van der Waals surface area (Å²) >= 11 is 0. The quantitative estimate of drug-likeness (QED) is 0.939. The molecule has 118 valence electrons. The smallest absolute Gasteiger partial charge is 0.269 e. The van der Waals surface area contributed by atoms with E-state index in [-0.39, 0.29) is 9.80 Å². The van der Waals surface area contributed by atoms with Gasteiger partial charge in [0.15, 0.2) is 4.91 Å². The molecule has 1 heterocycles. The summed E-state index contributed by atoms with van der Waals surface area (Å²) in [5.74, 6) is -0.629. The molecule has 2 aromatic carbocycles. The highest BCUT2D eigenvalue weighted by molar-refractivity contribution is 7.97. The number of rotatable bonds is 3. The number of fused-ring (bicyclic) bond motifs is 1. The van der Waals surface area contributed by atoms with Crippen molar-refractivity contribution in [2.24, 2.45) is 0 Å². The summed E-state index contributed by atoms with van der Waals surface area (Å²) in [6, 6.07) is 15.4. The van der Waals surface area contributed by atoms with Gasteiger partial charge in [-0.05, 0) is 18.2 Å². The molecule has 0 fully saturated rings. The van der Waals surface area contributed by atoms with Crippen molar-refractivity contribution < 1.29 is 13.2 Å². The highest BCUT2D eigenvalue weighted by atomic mass is 32.2. The molecule has 3 rings (SSSR count). The van der Waals surface area contributed by atoms with Crippen molar-refractivity contribution in [2.45, 2.75) is 4.90 Å². The number of sulfone groups is 1. The first-order valence-electron chi connectivity index (χ1n) is 7.05. The van der Waals surface area contributed by atoms with E-state index in [9.17, 15) is 13.2 Å². The molecule has 0 saturated heterocycles. The molecule has 6 heteroatoms. The predicted octanol–water partition coefficient (Wildman–Crippen LogP) is 2.34. The largest absolute Gasteiger partial charge is 0.376 e. The van der Waals surface area contributed by atoms with Crippen LogP contribution in [0.4, 0.5) is 5.69 Å². The maximum Gasteiger partial charge on any atom is 0.269 e. The van der Waals surface area contributed by atoms with Crippen molar-refractivity contribution in [3.63, 3.8) is 0 Å². The van der Waals surface area contributed by atoms with E-state index in [0.717, 1.165) is 0 Å². The average molecular weight is 328 g/mol. The van der Waals surface area contributed by atoms with Crippen LogP contribution in [0.3, 0.4) is 0 Å². The van der Waals surface area contributed by atoms with Gasteiger partial charge in [0.2, 0.25) is 9.84 Å². The van der Waals surface area contributed by atoms with Crippen molar-refractivity contribution in [3.05, 3.63) is 65.1 Å². The highest BCUT2D eigenvalue weighted by Crippen LogP contribution is 2.40. The Hall–Kier alpha value is -2.60. The van der Waals surface area contributed by atoms with Crippen LogP contribution in [0.5, 0.6) is 0 Å². The van der Waals surface area contributed by atoms with Crippen LogP contribution in [0.25, 0.3) is 5.70 Å². The van der Waals surface area contributed by atoms with Crippen molar-refractivity contribution in [1.29, 1.82) is 0 Å². The first-order valence-corrected chi connectivity index (χ1v) is 8.53. The van der Waals surface area contributed by atoms with Gasteiger partial charge in [0.05, 0.1) is 10.6 Å². The lowest BCUT2D eigenvalue weighted by molar-refractivity contribution is -0.112. The Bertz CT molecular complexity index is 900. The van der Waals surface area contributed by atoms with Gasteiger partial charge in [0.1, 0.15) is 0 Å². The second-order valence-electron chi connectivity index (χ2n) is 5.39. The van der Waals surface area contributed by atoms with Crippen molar-refractivity contribution in [3.8, 4) is 0 Å². The molecule has 0 bridgehead atoms. The molecule has 0 atom stereocenters. The summed E-state index contributed by atoms with van der Waals surface area (Å²) in [4.78, 5) is 14.2. The Balaban J connectivity index is 2.12. The van der Waals surface area contributed by atoms with Crippen LogP contribution in [-0.2, 0) is 14.6 Å². The van der Waals surface area contributed by atoms with Gasteiger partial charge in [-0.1, -0.05) is 36.4 Å². The van der Waals surface area contributed by atoms with Gasteiger partial charge >= 0.3 is 0 Å². The summed E-state index contributed by atoms with van der Waals surface area (Å²) < 4.78 is 25.6. The van der Waals surface area contributed by atoms with E-state index >= 15 is 0 Å². The van der Waals surface area contributed by atoms with Gasteiger partial charge in [0, 0.05) is 25.3 Å². The number of carbonyl (C=O) groups excluding carboxylic acids is 1. The first kappa shape index (κ1) is 15.3. The van der Waals surface area contributed by atoms with E-state index in [1.807, 2.05) is 6.07 Å². The fourth-order valence-electron chi connectivity index (χ4n) is 2.64. The standard InChI is InChI=1S/C17H16N2O3S/c1-19(2)15-13-10-6-7-11-14(13)23(21,22)16(15)17(20)18-12-8-4-3-5-9-12/h3-11H,1-2H3,(H,18,20). The Morgan fingerprint density at radius 2 is 1.57 bits per heavy atom. The van der Waals surface area contributed by atoms with E-state index in [1.165, 1.54) is 6.07 Å². The predicted molar refractivity (Wildman–Crippen MR) is 89.3 cm³/mol. The molecule has 0 saturated carbocycles. The molecule has 1 amide bonds. The zero-order chi connectivity index (χ0) is 16.6. The van der Waals surface area contributed by atoms with Crippen LogP contribution in [0.15, 0.2) is 64.4 Å². The highest BCUT2D eigenvalue weighted by Gasteiger charge is 2.40. The molecule has 1 aliphatic heterocycles. The van der Waals surface area contributed by atoms with Crippen LogP contribution in [-0.4, -0.2) is 33.3 Å². The maximum absolute atomic E-state index is 12.8. The Kier molecular flexibility index (Phi) is 3.69. The summed E-state index contributed by atoms with van der Waals surface area (Å²) in [5.41, 5.74) is 1.51. The number of hydrogen-bond acceptors (Lipinski definition) is 4. The average Bonchev–Trinajstić information content (AvgIpc) is 2.77. The molecule has 0 radical (unpaired) electrons. The number of benzene rings is 2. The number of nitrogens with one attached hydrogen (secondary N) is 1. The van der Waals surface area contributed by atoms with Crippen molar-refractivity contribution in [2.75, 3.05) is 19.4 Å². The van der Waals surface area contributed by atoms with Gasteiger partial charge in [0.25, 0.3) is 5.91 Å². The maximum atomic E-state index is 12.8. The molecule has 1 aliphatic rings. The number of amides is 1. The minimum Gasteiger partial charge on any atom is -0.376 e. The summed E-state index contributed by atoms with van der Waals surface area (Å²) in [6.45, 7) is 0. The molecule has 1 N–H and O–H groups in total. The Morgan fingerprint density at radius 1 is 0.957 bits per heavy atom. The molecular formula is C17H16N2O3S. The third-order valence-electron chi connectivity index (χ3n) is 3.60. The lowest BCUT2D eigenvalue weighted by atomic mass is 10.1. The van der Waals surface area contributed by atoms with Crippen molar-refractivity contribution >= 4 is 27.1 Å². The fourth-order valence-corrected chi connectivity index (χ4v) is 4.41. The van der Waals surface area contributed by atoms with E-state index in [2.05, 4.69) is 5.32 Å². The molecule has 0 aromatic heterocycles. The van der Waals surface area contributed by atoms with Crippen LogP contribution in [0.1, 0.15) is 5.56 Å². The second-order valence-corrected chi connectivity index (χ2v) is 7.25. The number of hydrogen-bond donors (Lipinski definition) is 1. The number of anilines is 1. The number of carbonyl (C=O) groups is 1. The van der Waals surface area contributed by atoms with E-state index in [4.69, 9.17) is 0 Å². The molecule has 0 spiro atoms. The van der Waals surface area contributed by atoms with Gasteiger partial charge in [-0.15, -0.1) is 0 Å². The topological polar surface area (TPSA) is 66.5 Å². The minimum absolute atomic E-state index is 0.168. The van der Waals surface area contributed by atoms with Gasteiger partial charge in [-0.2, -0.15) is 0 Å². The third kappa shape index (κ3) is 2.51. The van der Waals surface area contributed by atoms with Crippen LogP contribution < -0.4 is 5.32 Å². The molecule has 0 aliphatic carbocycles. The molecule has 5 nitrogen and oxygen atoms in total. The van der Waals surface area contributed by atoms with Crippen LogP contribution in [0.2, 0.25) is 0 Å². The molecule has 2 aromatic rings. The molecule has 23 heavy (non-hydrogen) atoms. The second kappa shape index (κ2) is 5.55. The zero-order valence-corrected chi connectivity index (χ0v) is 13.6. The van der Waals surface area contributed by atoms with Crippen LogP contribution in [0, 0.1) is 0 Å². The Morgan fingerprint density at radius 3 is 2.22 bits per heavy atom. The summed E-state index contributed by atoms with van der Waals surface area (Å²) in [5, 5.41) is 2.66. The summed E-state index contributed by atoms with van der Waals surface area (Å²) in [6.07, 6.45) is 0. The zero-order valence-electron chi connectivity index (χ0n) is 12.8. The van der Waals surface area contributed by atoms with Crippen LogP contribution >= 0.6 is 0 Å². The van der Waals surface area contributed by atoms with E-state index < -0.39 is 15.7 Å². The molecular weight excluding hydrogens is 312 g/mol. The monoisotopic (exact) mass is 328 g/mol. The van der Waals surface area contributed by atoms with E-state index in [0.29, 0.717) is 16.9 Å². The Labute approximate surface area is 135 Å². The fraction of sp³-hybridized carbons (Fsp3) is 0.118. The third-order valence-corrected chi connectivity index (χ3v) is 5.45. The van der Waals surface area contributed by atoms with Crippen molar-refractivity contribution in [1.82, 2.24) is 4.90 Å².